The first-order valence-electron chi connectivity index (χ1n) is 12.2. The Morgan fingerprint density at radius 3 is 1.94 bits per heavy atom. The molecule has 4 heteroatoms. The Kier molecular flexibility index (Phi) is 13.4. The van der Waals surface area contributed by atoms with Gasteiger partial charge in [-0.3, -0.25) is 4.18 Å². The summed E-state index contributed by atoms with van der Waals surface area (Å²) in [6.07, 6.45) is 13.4. The van der Waals surface area contributed by atoms with E-state index >= 15 is 0 Å². The van der Waals surface area contributed by atoms with Crippen LogP contribution in [0.4, 0.5) is 0 Å². The lowest BCUT2D eigenvalue weighted by molar-refractivity contribution is 0.356. The predicted molar refractivity (Wildman–Crippen MR) is 133 cm³/mol. The number of allylic oxidation sites excluding steroid dienone is 1. The zero-order valence-electron chi connectivity index (χ0n) is 20.8. The third kappa shape index (κ3) is 13.1. The molecule has 0 radical (unpaired) electrons. The fourth-order valence-corrected chi connectivity index (χ4v) is 4.70. The normalized spacial score (nSPS) is 14.7. The van der Waals surface area contributed by atoms with Crippen LogP contribution in [0.25, 0.3) is 0 Å². The third-order valence-electron chi connectivity index (χ3n) is 6.10. The lowest BCUT2D eigenvalue weighted by atomic mass is 9.91. The van der Waals surface area contributed by atoms with E-state index in [1.54, 1.807) is 24.3 Å². The second kappa shape index (κ2) is 14.8. The molecule has 0 heterocycles. The minimum absolute atomic E-state index is 0.103. The molecule has 1 rings (SSSR count). The molecule has 2 atom stereocenters. The van der Waals surface area contributed by atoms with Crippen LogP contribution in [-0.4, -0.2) is 15.0 Å². The van der Waals surface area contributed by atoms with E-state index in [1.165, 1.54) is 50.5 Å². The number of hydrogen-bond acceptors (Lipinski definition) is 3. The minimum Gasteiger partial charge on any atom is -0.262 e. The van der Waals surface area contributed by atoms with Crippen molar-refractivity contribution in [2.75, 3.05) is 6.61 Å². The maximum Gasteiger partial charge on any atom is 0.297 e. The molecule has 0 aromatic heterocycles. The van der Waals surface area contributed by atoms with Crippen LogP contribution in [0.3, 0.4) is 0 Å². The van der Waals surface area contributed by atoms with E-state index in [1.807, 2.05) is 13.0 Å². The van der Waals surface area contributed by atoms with Crippen molar-refractivity contribution >= 4 is 10.1 Å². The Labute approximate surface area is 192 Å². The standard InChI is InChI=1S/C27H46O3S/c1-22(2)10-7-11-23(3)12-8-13-24(4)14-9-15-25(5)20-21-30-31(28,29)27-18-16-26(6)17-19-27/h16-20,22-24H,7-15,21H2,1-6H3. The SMILES string of the molecule is CC(=CCOS(=O)(=O)c1ccc(C)cc1)CCCC(C)CCCC(C)CCCC(C)C. The number of aryl methyl sites for hydroxylation is 1. The van der Waals surface area contributed by atoms with Crippen molar-refractivity contribution in [3.63, 3.8) is 0 Å². The van der Waals surface area contributed by atoms with Crippen molar-refractivity contribution < 1.29 is 12.6 Å². The molecular weight excluding hydrogens is 404 g/mol. The van der Waals surface area contributed by atoms with E-state index < -0.39 is 10.1 Å². The highest BCUT2D eigenvalue weighted by Gasteiger charge is 2.14. The second-order valence-electron chi connectivity index (χ2n) is 9.96. The molecule has 3 nitrogen and oxygen atoms in total. The fourth-order valence-electron chi connectivity index (χ4n) is 3.85. The average Bonchev–Trinajstić information content (AvgIpc) is 2.68. The van der Waals surface area contributed by atoms with Crippen LogP contribution >= 0.6 is 0 Å². The molecule has 0 bridgehead atoms. The van der Waals surface area contributed by atoms with Crippen molar-refractivity contribution in [1.29, 1.82) is 0 Å². The van der Waals surface area contributed by atoms with Crippen molar-refractivity contribution in [1.82, 2.24) is 0 Å². The van der Waals surface area contributed by atoms with E-state index in [-0.39, 0.29) is 11.5 Å². The van der Waals surface area contributed by atoms with Crippen LogP contribution in [0.5, 0.6) is 0 Å². The Balaban J connectivity index is 2.19. The summed E-state index contributed by atoms with van der Waals surface area (Å²) in [5.41, 5.74) is 2.23. The van der Waals surface area contributed by atoms with Gasteiger partial charge in [0.15, 0.2) is 0 Å². The molecular formula is C27H46O3S. The molecule has 0 amide bonds. The third-order valence-corrected chi connectivity index (χ3v) is 7.40. The van der Waals surface area contributed by atoms with Gasteiger partial charge in [-0.15, -0.1) is 0 Å². The first-order valence-corrected chi connectivity index (χ1v) is 13.6. The molecule has 31 heavy (non-hydrogen) atoms. The topological polar surface area (TPSA) is 43.4 Å². The molecule has 0 saturated heterocycles. The molecule has 2 unspecified atom stereocenters. The van der Waals surface area contributed by atoms with Gasteiger partial charge < -0.3 is 0 Å². The second-order valence-corrected chi connectivity index (χ2v) is 11.6. The monoisotopic (exact) mass is 450 g/mol. The summed E-state index contributed by atoms with van der Waals surface area (Å²) in [4.78, 5) is 0.215. The van der Waals surface area contributed by atoms with Gasteiger partial charge in [0.2, 0.25) is 0 Å². The average molecular weight is 451 g/mol. The summed E-state index contributed by atoms with van der Waals surface area (Å²) >= 11 is 0. The highest BCUT2D eigenvalue weighted by Crippen LogP contribution is 2.22. The predicted octanol–water partition coefficient (Wildman–Crippen LogP) is 8.09. The summed E-state index contributed by atoms with van der Waals surface area (Å²) in [5.74, 6) is 2.44. The van der Waals surface area contributed by atoms with Crippen LogP contribution in [0.1, 0.15) is 98.0 Å². The number of hydrogen-bond donors (Lipinski definition) is 0. The first-order chi connectivity index (χ1) is 14.6. The van der Waals surface area contributed by atoms with Crippen LogP contribution in [0, 0.1) is 24.7 Å². The quantitative estimate of drug-likeness (QED) is 0.189. The van der Waals surface area contributed by atoms with Crippen molar-refractivity contribution in [3.8, 4) is 0 Å². The van der Waals surface area contributed by atoms with Gasteiger partial charge in [0, 0.05) is 0 Å². The van der Waals surface area contributed by atoms with Gasteiger partial charge in [-0.2, -0.15) is 8.42 Å². The molecule has 1 aromatic carbocycles. The van der Waals surface area contributed by atoms with E-state index in [0.29, 0.717) is 0 Å². The molecule has 0 aliphatic heterocycles. The van der Waals surface area contributed by atoms with Gasteiger partial charge >= 0.3 is 0 Å². The van der Waals surface area contributed by atoms with Gasteiger partial charge in [0.25, 0.3) is 10.1 Å². The van der Waals surface area contributed by atoms with Crippen LogP contribution < -0.4 is 0 Å². The largest absolute Gasteiger partial charge is 0.297 e. The summed E-state index contributed by atoms with van der Waals surface area (Å²) in [6.45, 7) is 13.5. The number of benzene rings is 1. The minimum atomic E-state index is -3.68. The molecule has 0 saturated carbocycles. The maximum absolute atomic E-state index is 12.2. The molecule has 0 aliphatic rings. The summed E-state index contributed by atoms with van der Waals surface area (Å²) in [6, 6.07) is 6.75. The van der Waals surface area contributed by atoms with E-state index in [9.17, 15) is 8.42 Å². The first kappa shape index (κ1) is 27.9. The van der Waals surface area contributed by atoms with Gasteiger partial charge in [-0.05, 0) is 56.6 Å². The molecule has 0 fully saturated rings. The zero-order chi connectivity index (χ0) is 23.3. The molecule has 0 spiro atoms. The fraction of sp³-hybridized carbons (Fsp3) is 0.704. The lowest BCUT2D eigenvalue weighted by Gasteiger charge is -2.15. The molecule has 0 N–H and O–H groups in total. The van der Waals surface area contributed by atoms with Crippen LogP contribution in [-0.2, 0) is 14.3 Å². The van der Waals surface area contributed by atoms with Gasteiger partial charge in [-0.25, -0.2) is 0 Å². The lowest BCUT2D eigenvalue weighted by Crippen LogP contribution is -2.06. The van der Waals surface area contributed by atoms with Crippen molar-refractivity contribution in [3.05, 3.63) is 41.5 Å². The Bertz CT molecular complexity index is 732. The maximum atomic E-state index is 12.2. The van der Waals surface area contributed by atoms with Crippen molar-refractivity contribution in [2.45, 2.75) is 104 Å². The van der Waals surface area contributed by atoms with Crippen molar-refractivity contribution in [2.24, 2.45) is 17.8 Å². The zero-order valence-corrected chi connectivity index (χ0v) is 21.6. The Morgan fingerprint density at radius 1 is 0.871 bits per heavy atom. The molecule has 178 valence electrons. The highest BCUT2D eigenvalue weighted by molar-refractivity contribution is 7.86. The van der Waals surface area contributed by atoms with E-state index in [0.717, 1.165) is 36.2 Å². The Hall–Kier alpha value is -1.13. The summed E-state index contributed by atoms with van der Waals surface area (Å²) in [5, 5.41) is 0. The van der Waals surface area contributed by atoms with E-state index in [4.69, 9.17) is 4.18 Å². The molecule has 1 aromatic rings. The van der Waals surface area contributed by atoms with Gasteiger partial charge in [0.1, 0.15) is 0 Å². The van der Waals surface area contributed by atoms with Gasteiger partial charge in [0.05, 0.1) is 11.5 Å². The summed E-state index contributed by atoms with van der Waals surface area (Å²) in [7, 11) is -3.68. The van der Waals surface area contributed by atoms with Gasteiger partial charge in [-0.1, -0.05) is 102 Å². The molecule has 0 aliphatic carbocycles. The number of rotatable bonds is 16. The highest BCUT2D eigenvalue weighted by atomic mass is 32.2. The van der Waals surface area contributed by atoms with Crippen LogP contribution in [0.15, 0.2) is 40.8 Å². The van der Waals surface area contributed by atoms with Crippen LogP contribution in [0.2, 0.25) is 0 Å². The van der Waals surface area contributed by atoms with E-state index in [2.05, 4.69) is 34.6 Å². The smallest absolute Gasteiger partial charge is 0.262 e. The Morgan fingerprint density at radius 2 is 1.39 bits per heavy atom. The summed E-state index contributed by atoms with van der Waals surface area (Å²) < 4.78 is 29.6.